The number of carbonyl (C=O) groups excluding carboxylic acids is 3. The molecule has 0 aliphatic heterocycles. The number of nitrogens with one attached hydrogen (secondary N) is 1. The fourth-order valence-corrected chi connectivity index (χ4v) is 2.76. The normalized spacial score (nSPS) is 11.4. The van der Waals surface area contributed by atoms with Gasteiger partial charge < -0.3 is 34.2 Å². The number of aliphatic carboxylic acids is 1. The molecule has 0 amide bonds. The number of halogens is 3. The molecule has 0 aromatic carbocycles. The molecule has 0 saturated carbocycles. The predicted molar refractivity (Wildman–Crippen MR) is 108 cm³/mol. The molecule has 0 fully saturated rings. The molecule has 2 aromatic heterocycles. The van der Waals surface area contributed by atoms with Crippen molar-refractivity contribution in [2.24, 2.45) is 0 Å². The number of alkyl halides is 3. The zero-order valence-electron chi connectivity index (χ0n) is 19.5. The summed E-state index contributed by atoms with van der Waals surface area (Å²) in [5.41, 5.74) is 1.33. The fraction of sp³-hybridized carbons (Fsp3) is 0.524. The van der Waals surface area contributed by atoms with Crippen molar-refractivity contribution in [2.45, 2.75) is 65.9 Å². The molecule has 0 aliphatic rings. The largest absolute Gasteiger partial charge is 0.542 e. The molecule has 190 valence electrons. The third kappa shape index (κ3) is 8.89. The van der Waals surface area contributed by atoms with Crippen LogP contribution in [0.1, 0.15) is 72.5 Å². The van der Waals surface area contributed by atoms with Gasteiger partial charge in [-0.1, -0.05) is 12.1 Å². The number of nitrogens with two attached hydrogens (primary N) is 1. The average molecular weight is 491 g/mol. The summed E-state index contributed by atoms with van der Waals surface area (Å²) in [5, 5.41) is 14.4. The summed E-state index contributed by atoms with van der Waals surface area (Å²) in [4.78, 5) is 37.0. The van der Waals surface area contributed by atoms with Crippen LogP contribution in [0.15, 0.2) is 16.8 Å². The minimum Gasteiger partial charge on any atom is -0.542 e. The minimum atomic E-state index is -5.19. The van der Waals surface area contributed by atoms with Crippen LogP contribution in [0.2, 0.25) is 0 Å². The number of aromatic nitrogens is 2. The quantitative estimate of drug-likeness (QED) is 0.524. The predicted octanol–water partition coefficient (Wildman–Crippen LogP) is 1.26. The third-order valence-corrected chi connectivity index (χ3v) is 4.03. The van der Waals surface area contributed by atoms with Crippen molar-refractivity contribution in [3.05, 3.63) is 40.5 Å². The Balaban J connectivity index is 0.000000718. The van der Waals surface area contributed by atoms with E-state index in [2.05, 4.69) is 10.1 Å². The maximum atomic E-state index is 12.6. The number of quaternary nitrogens is 1. The molecule has 10 nitrogen and oxygen atoms in total. The van der Waals surface area contributed by atoms with Crippen LogP contribution in [0.25, 0.3) is 0 Å². The van der Waals surface area contributed by atoms with E-state index in [0.29, 0.717) is 42.0 Å². The highest BCUT2D eigenvalue weighted by Crippen LogP contribution is 2.23. The Morgan fingerprint density at radius 2 is 1.76 bits per heavy atom. The number of carboxylic acid groups (broad SMARTS) is 1. The van der Waals surface area contributed by atoms with Crippen LogP contribution < -0.4 is 10.4 Å². The van der Waals surface area contributed by atoms with Crippen LogP contribution >= 0.6 is 0 Å². The molecule has 34 heavy (non-hydrogen) atoms. The van der Waals surface area contributed by atoms with E-state index in [-0.39, 0.29) is 6.61 Å². The van der Waals surface area contributed by atoms with Crippen molar-refractivity contribution in [1.29, 1.82) is 0 Å². The molecular weight excluding hydrogens is 463 g/mol. The molecular formula is C21H28F3N3O7. The van der Waals surface area contributed by atoms with Gasteiger partial charge in [-0.3, -0.25) is 0 Å². The molecule has 0 saturated heterocycles. The number of hydrogen-bond acceptors (Lipinski definition) is 8. The van der Waals surface area contributed by atoms with Gasteiger partial charge in [-0.25, -0.2) is 9.59 Å². The first-order chi connectivity index (χ1) is 15.7. The van der Waals surface area contributed by atoms with E-state index in [1.807, 2.05) is 12.2 Å². The maximum absolute atomic E-state index is 12.6. The Morgan fingerprint density at radius 1 is 1.15 bits per heavy atom. The van der Waals surface area contributed by atoms with Gasteiger partial charge in [0.15, 0.2) is 5.76 Å². The van der Waals surface area contributed by atoms with Gasteiger partial charge in [0, 0.05) is 6.07 Å². The second-order valence-electron chi connectivity index (χ2n) is 7.87. The van der Waals surface area contributed by atoms with Gasteiger partial charge in [-0.05, 0) is 39.7 Å². The van der Waals surface area contributed by atoms with E-state index in [9.17, 15) is 22.8 Å². The van der Waals surface area contributed by atoms with E-state index >= 15 is 0 Å². The Bertz CT molecular complexity index is 962. The number of aromatic amines is 1. The van der Waals surface area contributed by atoms with Crippen LogP contribution in [-0.4, -0.2) is 46.4 Å². The Kier molecular flexibility index (Phi) is 10.3. The highest BCUT2D eigenvalue weighted by Gasteiger charge is 2.30. The first kappa shape index (κ1) is 28.7. The number of hydrogen-bond donors (Lipinski definition) is 2. The van der Waals surface area contributed by atoms with E-state index in [1.165, 1.54) is 0 Å². The Morgan fingerprint density at radius 3 is 2.21 bits per heavy atom. The lowest BCUT2D eigenvalue weighted by Gasteiger charge is -2.19. The van der Waals surface area contributed by atoms with E-state index < -0.39 is 29.7 Å². The van der Waals surface area contributed by atoms with E-state index in [4.69, 9.17) is 23.9 Å². The number of nitrogens with zero attached hydrogens (tertiary/aromatic N) is 1. The zero-order valence-corrected chi connectivity index (χ0v) is 19.5. The molecule has 0 unspecified atom stereocenters. The van der Waals surface area contributed by atoms with Crippen LogP contribution in [-0.2, 0) is 33.8 Å². The standard InChI is InChI=1S/C19H27N3O5.C2HF3O2/c1-6-13-15(17(23)25-7-2)14(11-20-10-12-8-9-21-27-12)22-16(13)18(24)26-19(3,4)5;3-2(4,5)1(6)7/h8-9,20,22H,6-7,10-11H2,1-5H3;(H,6,7). The molecule has 0 spiro atoms. The van der Waals surface area contributed by atoms with Gasteiger partial charge in [0.05, 0.1) is 24.1 Å². The summed E-state index contributed by atoms with van der Waals surface area (Å²) in [7, 11) is 0. The lowest BCUT2D eigenvalue weighted by molar-refractivity contribution is -0.688. The van der Waals surface area contributed by atoms with Gasteiger partial charge in [-0.15, -0.1) is 0 Å². The molecule has 2 heterocycles. The van der Waals surface area contributed by atoms with Crippen LogP contribution in [0.5, 0.6) is 0 Å². The van der Waals surface area contributed by atoms with E-state index in [1.54, 1.807) is 40.0 Å². The Labute approximate surface area is 193 Å². The first-order valence-electron chi connectivity index (χ1n) is 10.3. The summed E-state index contributed by atoms with van der Waals surface area (Å²) in [6.07, 6.45) is -3.11. The van der Waals surface area contributed by atoms with Crippen LogP contribution in [0, 0.1) is 0 Å². The fourth-order valence-electron chi connectivity index (χ4n) is 2.76. The van der Waals surface area contributed by atoms with E-state index in [0.717, 1.165) is 5.76 Å². The zero-order chi connectivity index (χ0) is 26.1. The van der Waals surface area contributed by atoms with Crippen molar-refractivity contribution in [1.82, 2.24) is 10.1 Å². The SMILES string of the molecule is CCOC(=O)c1c(C[NH2+]Cc2ccno2)[nH]c(C(=O)OC(C)(C)C)c1CC.O=C([O-])C(F)(F)F. The number of H-pyrrole nitrogens is 1. The maximum Gasteiger partial charge on any atom is 0.430 e. The van der Waals surface area contributed by atoms with Crippen molar-refractivity contribution < 1.29 is 52.0 Å². The summed E-state index contributed by atoms with van der Waals surface area (Å²) in [5.74, 6) is -3.20. The van der Waals surface area contributed by atoms with Crippen LogP contribution in [0.4, 0.5) is 13.2 Å². The van der Waals surface area contributed by atoms with Gasteiger partial charge in [0.25, 0.3) is 0 Å². The second-order valence-corrected chi connectivity index (χ2v) is 7.87. The van der Waals surface area contributed by atoms with Crippen molar-refractivity contribution in [3.63, 3.8) is 0 Å². The minimum absolute atomic E-state index is 0.260. The van der Waals surface area contributed by atoms with Gasteiger partial charge >= 0.3 is 18.1 Å². The van der Waals surface area contributed by atoms with Gasteiger partial charge in [-0.2, -0.15) is 13.2 Å². The monoisotopic (exact) mass is 491 g/mol. The number of carbonyl (C=O) groups is 3. The number of rotatable bonds is 8. The molecule has 13 heteroatoms. The molecule has 0 atom stereocenters. The van der Waals surface area contributed by atoms with Crippen LogP contribution in [0.3, 0.4) is 0 Å². The third-order valence-electron chi connectivity index (χ3n) is 4.03. The smallest absolute Gasteiger partial charge is 0.430 e. The summed E-state index contributed by atoms with van der Waals surface area (Å²) < 4.78 is 47.3. The Hall–Kier alpha value is -3.35. The van der Waals surface area contributed by atoms with Crippen molar-refractivity contribution >= 4 is 17.9 Å². The van der Waals surface area contributed by atoms with Crippen molar-refractivity contribution in [2.75, 3.05) is 6.61 Å². The second kappa shape index (κ2) is 12.2. The molecule has 0 radical (unpaired) electrons. The van der Waals surface area contributed by atoms with Gasteiger partial charge in [0.2, 0.25) is 0 Å². The first-order valence-corrected chi connectivity index (χ1v) is 10.3. The van der Waals surface area contributed by atoms with Crippen molar-refractivity contribution in [3.8, 4) is 0 Å². The number of esters is 2. The molecule has 0 bridgehead atoms. The molecule has 3 N–H and O–H groups in total. The summed E-state index contributed by atoms with van der Waals surface area (Å²) >= 11 is 0. The highest BCUT2D eigenvalue weighted by molar-refractivity contribution is 5.98. The summed E-state index contributed by atoms with van der Waals surface area (Å²) in [6, 6.07) is 1.78. The summed E-state index contributed by atoms with van der Waals surface area (Å²) in [6.45, 7) is 10.3. The number of ether oxygens (including phenoxy) is 2. The average Bonchev–Trinajstić information content (AvgIpc) is 3.34. The van der Waals surface area contributed by atoms with Gasteiger partial charge in [0.1, 0.15) is 30.4 Å². The molecule has 2 rings (SSSR count). The molecule has 0 aliphatic carbocycles. The highest BCUT2D eigenvalue weighted by atomic mass is 19.4. The molecule has 2 aromatic rings. The lowest BCUT2D eigenvalue weighted by Crippen LogP contribution is -2.80. The topological polar surface area (TPSA) is 151 Å². The lowest BCUT2D eigenvalue weighted by atomic mass is 10.1. The number of carboxylic acids is 1.